The number of benzene rings is 1. The number of pyridine rings is 1. The first-order valence-corrected chi connectivity index (χ1v) is 7.44. The van der Waals surface area contributed by atoms with Crippen LogP contribution < -0.4 is 0 Å². The number of imidazole rings is 1. The fraction of sp³-hybridized carbons (Fsp3) is 0.188. The lowest BCUT2D eigenvalue weighted by molar-refractivity contribution is 0.623. The predicted octanol–water partition coefficient (Wildman–Crippen LogP) is 4.31. The first-order valence-electron chi connectivity index (χ1n) is 6.65. The van der Waals surface area contributed by atoms with Crippen molar-refractivity contribution in [2.24, 2.45) is 0 Å². The van der Waals surface area contributed by atoms with Crippen LogP contribution in [-0.4, -0.2) is 14.5 Å². The summed E-state index contributed by atoms with van der Waals surface area (Å²) in [5, 5.41) is 9.04. The highest BCUT2D eigenvalue weighted by atomic mass is 79.9. The molecule has 0 radical (unpaired) electrons. The molecule has 0 amide bonds. The molecule has 3 aromatic rings. The second-order valence-corrected chi connectivity index (χ2v) is 5.90. The largest absolute Gasteiger partial charge is 0.320 e. The third kappa shape index (κ3) is 2.32. The lowest BCUT2D eigenvalue weighted by Gasteiger charge is -2.13. The van der Waals surface area contributed by atoms with Gasteiger partial charge in [0.2, 0.25) is 0 Å². The summed E-state index contributed by atoms with van der Waals surface area (Å²) in [5.74, 6) is 0.808. The number of fused-ring (bicyclic) bond motifs is 1. The van der Waals surface area contributed by atoms with Crippen LogP contribution >= 0.6 is 15.9 Å². The van der Waals surface area contributed by atoms with Gasteiger partial charge >= 0.3 is 0 Å². The van der Waals surface area contributed by atoms with Crippen LogP contribution in [0.5, 0.6) is 0 Å². The minimum atomic E-state index is 0.242. The Bertz CT molecular complexity index is 858. The van der Waals surface area contributed by atoms with Gasteiger partial charge < -0.3 is 4.57 Å². The average molecular weight is 341 g/mol. The molecule has 0 saturated carbocycles. The number of nitriles is 1. The van der Waals surface area contributed by atoms with E-state index in [1.807, 2.05) is 30.3 Å². The van der Waals surface area contributed by atoms with Gasteiger partial charge in [0.15, 0.2) is 5.82 Å². The molecule has 3 rings (SSSR count). The van der Waals surface area contributed by atoms with Gasteiger partial charge in [-0.3, -0.25) is 4.98 Å². The summed E-state index contributed by atoms with van der Waals surface area (Å²) in [5.41, 5.74) is 3.25. The van der Waals surface area contributed by atoms with Crippen LogP contribution in [0.25, 0.3) is 22.6 Å². The number of aromatic nitrogens is 3. The maximum Gasteiger partial charge on any atom is 0.161 e. The van der Waals surface area contributed by atoms with Crippen LogP contribution in [0.2, 0.25) is 0 Å². The maximum atomic E-state index is 9.04. The number of nitrogens with zero attached hydrogens (tertiary/aromatic N) is 4. The molecule has 0 saturated heterocycles. The molecule has 0 spiro atoms. The molecule has 0 aliphatic heterocycles. The summed E-state index contributed by atoms with van der Waals surface area (Å²) in [6.45, 7) is 4.22. The van der Waals surface area contributed by atoms with Crippen LogP contribution in [-0.2, 0) is 0 Å². The molecule has 0 atom stereocenters. The Hall–Kier alpha value is -2.19. The van der Waals surface area contributed by atoms with Crippen molar-refractivity contribution >= 4 is 27.0 Å². The van der Waals surface area contributed by atoms with E-state index in [0.29, 0.717) is 5.56 Å². The molecular weight excluding hydrogens is 328 g/mol. The first kappa shape index (κ1) is 13.8. The molecule has 0 bridgehead atoms. The van der Waals surface area contributed by atoms with E-state index < -0.39 is 0 Å². The lowest BCUT2D eigenvalue weighted by atomic mass is 10.2. The fourth-order valence-electron chi connectivity index (χ4n) is 2.41. The van der Waals surface area contributed by atoms with Crippen molar-refractivity contribution < 1.29 is 0 Å². The van der Waals surface area contributed by atoms with E-state index in [1.54, 1.807) is 6.20 Å². The van der Waals surface area contributed by atoms with Gasteiger partial charge in [0.05, 0.1) is 22.7 Å². The van der Waals surface area contributed by atoms with E-state index in [2.05, 4.69) is 45.4 Å². The van der Waals surface area contributed by atoms with Crippen molar-refractivity contribution in [2.75, 3.05) is 0 Å². The Morgan fingerprint density at radius 1 is 1.29 bits per heavy atom. The monoisotopic (exact) mass is 340 g/mol. The van der Waals surface area contributed by atoms with Gasteiger partial charge in [-0.25, -0.2) is 4.98 Å². The summed E-state index contributed by atoms with van der Waals surface area (Å²) < 4.78 is 3.05. The Balaban J connectivity index is 2.35. The van der Waals surface area contributed by atoms with Gasteiger partial charge in [-0.2, -0.15) is 5.26 Å². The standard InChI is InChI=1S/C16H13BrN4/c1-10(2)21-14-6-5-11(9-18)8-13(14)20-16(21)15-12(17)4-3-7-19-15/h3-8,10H,1-2H3. The van der Waals surface area contributed by atoms with Crippen LogP contribution in [0.3, 0.4) is 0 Å². The van der Waals surface area contributed by atoms with Crippen molar-refractivity contribution in [1.82, 2.24) is 14.5 Å². The van der Waals surface area contributed by atoms with Crippen LogP contribution in [0.1, 0.15) is 25.5 Å². The number of halogens is 1. The van der Waals surface area contributed by atoms with Gasteiger partial charge in [0.25, 0.3) is 0 Å². The van der Waals surface area contributed by atoms with E-state index in [0.717, 1.165) is 27.0 Å². The highest BCUT2D eigenvalue weighted by Gasteiger charge is 2.17. The molecule has 5 heteroatoms. The van der Waals surface area contributed by atoms with Crippen LogP contribution in [0.15, 0.2) is 41.0 Å². The summed E-state index contributed by atoms with van der Waals surface area (Å²) in [6, 6.07) is 11.8. The molecule has 0 fully saturated rings. The molecule has 2 heterocycles. The Labute approximate surface area is 131 Å². The van der Waals surface area contributed by atoms with E-state index >= 15 is 0 Å². The summed E-state index contributed by atoms with van der Waals surface area (Å²) >= 11 is 3.53. The highest BCUT2D eigenvalue weighted by Crippen LogP contribution is 2.31. The molecule has 21 heavy (non-hydrogen) atoms. The highest BCUT2D eigenvalue weighted by molar-refractivity contribution is 9.10. The Morgan fingerprint density at radius 2 is 2.10 bits per heavy atom. The lowest BCUT2D eigenvalue weighted by Crippen LogP contribution is -2.04. The van der Waals surface area contributed by atoms with Gasteiger partial charge in [-0.1, -0.05) is 0 Å². The topological polar surface area (TPSA) is 54.5 Å². The molecule has 0 aliphatic carbocycles. The molecule has 0 unspecified atom stereocenters. The van der Waals surface area contributed by atoms with Crippen molar-refractivity contribution in [3.05, 3.63) is 46.6 Å². The molecule has 0 aliphatic rings. The van der Waals surface area contributed by atoms with E-state index in [1.165, 1.54) is 0 Å². The summed E-state index contributed by atoms with van der Waals surface area (Å²) in [7, 11) is 0. The van der Waals surface area contributed by atoms with Crippen molar-refractivity contribution in [3.63, 3.8) is 0 Å². The zero-order valence-electron chi connectivity index (χ0n) is 11.7. The fourth-order valence-corrected chi connectivity index (χ4v) is 2.84. The number of hydrogen-bond donors (Lipinski definition) is 0. The molecule has 2 aromatic heterocycles. The minimum Gasteiger partial charge on any atom is -0.320 e. The Morgan fingerprint density at radius 3 is 2.76 bits per heavy atom. The minimum absolute atomic E-state index is 0.242. The predicted molar refractivity (Wildman–Crippen MR) is 85.8 cm³/mol. The van der Waals surface area contributed by atoms with E-state index in [9.17, 15) is 0 Å². The smallest absolute Gasteiger partial charge is 0.161 e. The number of hydrogen-bond acceptors (Lipinski definition) is 3. The van der Waals surface area contributed by atoms with Gasteiger partial charge in [-0.05, 0) is 60.1 Å². The zero-order chi connectivity index (χ0) is 15.0. The van der Waals surface area contributed by atoms with Gasteiger partial charge in [0.1, 0.15) is 5.69 Å². The number of rotatable bonds is 2. The first-order chi connectivity index (χ1) is 10.1. The quantitative estimate of drug-likeness (QED) is 0.698. The average Bonchev–Trinajstić information content (AvgIpc) is 2.85. The van der Waals surface area contributed by atoms with Crippen LogP contribution in [0.4, 0.5) is 0 Å². The maximum absolute atomic E-state index is 9.04. The SMILES string of the molecule is CC(C)n1c(-c2ncccc2Br)nc2cc(C#N)ccc21. The van der Waals surface area contributed by atoms with Gasteiger partial charge in [0, 0.05) is 16.7 Å². The normalized spacial score (nSPS) is 11.0. The zero-order valence-corrected chi connectivity index (χ0v) is 13.3. The molecule has 0 N–H and O–H groups in total. The third-order valence-corrected chi connectivity index (χ3v) is 3.95. The van der Waals surface area contributed by atoms with Crippen molar-refractivity contribution in [3.8, 4) is 17.6 Å². The second kappa shape index (κ2) is 5.30. The summed E-state index contributed by atoms with van der Waals surface area (Å²) in [6.07, 6.45) is 1.75. The van der Waals surface area contributed by atoms with Crippen LogP contribution in [0, 0.1) is 11.3 Å². The summed E-state index contributed by atoms with van der Waals surface area (Å²) in [4.78, 5) is 9.13. The van der Waals surface area contributed by atoms with E-state index in [-0.39, 0.29) is 6.04 Å². The van der Waals surface area contributed by atoms with Crippen molar-refractivity contribution in [2.45, 2.75) is 19.9 Å². The molecule has 4 nitrogen and oxygen atoms in total. The third-order valence-electron chi connectivity index (χ3n) is 3.31. The molecular formula is C16H13BrN4. The Kier molecular flexibility index (Phi) is 3.48. The molecule has 1 aromatic carbocycles. The van der Waals surface area contributed by atoms with Gasteiger partial charge in [-0.15, -0.1) is 0 Å². The second-order valence-electron chi connectivity index (χ2n) is 5.05. The molecule has 104 valence electrons. The van der Waals surface area contributed by atoms with Crippen molar-refractivity contribution in [1.29, 1.82) is 5.26 Å². The van der Waals surface area contributed by atoms with E-state index in [4.69, 9.17) is 10.2 Å².